The maximum atomic E-state index is 12.8. The Morgan fingerprint density at radius 2 is 2.10 bits per heavy atom. The van der Waals surface area contributed by atoms with Crippen molar-refractivity contribution in [2.24, 2.45) is 5.92 Å². The first-order chi connectivity index (χ1) is 13.8. The quantitative estimate of drug-likeness (QED) is 0.745. The monoisotopic (exact) mass is 407 g/mol. The Bertz CT molecular complexity index is 1060. The number of aromatic nitrogens is 3. The van der Waals surface area contributed by atoms with Crippen molar-refractivity contribution in [3.05, 3.63) is 36.1 Å². The van der Waals surface area contributed by atoms with Gasteiger partial charge in [-0.25, -0.2) is 14.4 Å². The molecule has 5 aliphatic rings. The van der Waals surface area contributed by atoms with Gasteiger partial charge in [-0.2, -0.15) is 0 Å². The maximum Gasteiger partial charge on any atom is 0.573 e. The van der Waals surface area contributed by atoms with Crippen LogP contribution in [0.3, 0.4) is 0 Å². The lowest BCUT2D eigenvalue weighted by Crippen LogP contribution is -2.27. The van der Waals surface area contributed by atoms with E-state index in [1.165, 1.54) is 17.8 Å². The zero-order valence-corrected chi connectivity index (χ0v) is 15.2. The lowest BCUT2D eigenvalue weighted by atomic mass is 10.2. The highest BCUT2D eigenvalue weighted by molar-refractivity contribution is 5.69. The lowest BCUT2D eigenvalue weighted by molar-refractivity contribution is -0.274. The van der Waals surface area contributed by atoms with E-state index in [0.717, 1.165) is 18.7 Å². The molecule has 2 aliphatic heterocycles. The molecule has 29 heavy (non-hydrogen) atoms. The molecular formula is C19H17F4N5O. The number of ether oxygens (including phenoxy) is 1. The second-order valence-corrected chi connectivity index (χ2v) is 8.04. The fourth-order valence-corrected chi connectivity index (χ4v) is 4.86. The average Bonchev–Trinajstić information content (AvgIpc) is 3.59. The number of halogens is 4. The third kappa shape index (κ3) is 2.28. The largest absolute Gasteiger partial charge is 0.573 e. The molecule has 1 unspecified atom stereocenters. The van der Waals surface area contributed by atoms with Crippen LogP contribution in [0.25, 0.3) is 11.3 Å². The molecule has 2 N–H and O–H groups in total. The molecule has 7 rings (SSSR count). The predicted molar refractivity (Wildman–Crippen MR) is 94.5 cm³/mol. The topological polar surface area (TPSA) is 69.2 Å². The molecule has 3 fully saturated rings. The summed E-state index contributed by atoms with van der Waals surface area (Å²) in [7, 11) is 0. The van der Waals surface area contributed by atoms with Crippen LogP contribution in [-0.2, 0) is 5.54 Å². The molecule has 3 aliphatic carbocycles. The Hall–Kier alpha value is -2.78. The third-order valence-corrected chi connectivity index (χ3v) is 6.33. The molecule has 3 atom stereocenters. The third-order valence-electron chi connectivity index (χ3n) is 6.33. The van der Waals surface area contributed by atoms with Gasteiger partial charge in [0.15, 0.2) is 11.6 Å². The van der Waals surface area contributed by atoms with Crippen molar-refractivity contribution in [3.8, 4) is 17.0 Å². The Balaban J connectivity index is 1.37. The summed E-state index contributed by atoms with van der Waals surface area (Å²) in [5, 5.41) is 0. The van der Waals surface area contributed by atoms with E-state index in [-0.39, 0.29) is 17.4 Å². The summed E-state index contributed by atoms with van der Waals surface area (Å²) in [5.74, 6) is 0.821. The molecule has 0 spiro atoms. The minimum Gasteiger partial charge on any atom is -0.402 e. The number of rotatable bonds is 6. The summed E-state index contributed by atoms with van der Waals surface area (Å²) in [6, 6.07) is 1.48. The zero-order chi connectivity index (χ0) is 20.1. The fraction of sp³-hybridized carbons (Fsp3) is 0.474. The standard InChI is InChI=1S/C19H17F4N5O/c20-3-4-27-7-11-14-15(27)18(11,14)28-8-12(26-17(28)9-1-2-9)10-5-13(16(24)25-6-10)29-19(21,22)23/h5-9,14-15H,1-4H2,(H2,24,25)/t14-,15?,18-/m0/s1. The van der Waals surface area contributed by atoms with Crippen molar-refractivity contribution in [3.63, 3.8) is 0 Å². The number of anilines is 1. The Kier molecular flexibility index (Phi) is 3.08. The summed E-state index contributed by atoms with van der Waals surface area (Å²) in [4.78, 5) is 10.6. The number of alkyl halides is 4. The molecule has 0 amide bonds. The van der Waals surface area contributed by atoms with Crippen LogP contribution in [0.4, 0.5) is 23.4 Å². The second kappa shape index (κ2) is 5.22. The van der Waals surface area contributed by atoms with Gasteiger partial charge >= 0.3 is 6.36 Å². The van der Waals surface area contributed by atoms with Crippen LogP contribution in [0.1, 0.15) is 24.6 Å². The van der Waals surface area contributed by atoms with Crippen molar-refractivity contribution in [1.29, 1.82) is 0 Å². The van der Waals surface area contributed by atoms with Crippen LogP contribution in [0.5, 0.6) is 5.75 Å². The fourth-order valence-electron chi connectivity index (χ4n) is 4.86. The van der Waals surface area contributed by atoms with Gasteiger partial charge in [-0.3, -0.25) is 0 Å². The lowest BCUT2D eigenvalue weighted by Gasteiger charge is -2.18. The number of hydrogen-bond donors (Lipinski definition) is 1. The number of imidazole rings is 1. The highest BCUT2D eigenvalue weighted by atomic mass is 19.4. The Labute approximate surface area is 163 Å². The molecule has 2 bridgehead atoms. The molecule has 152 valence electrons. The van der Waals surface area contributed by atoms with Gasteiger partial charge in [0.05, 0.1) is 17.3 Å². The number of nitrogens with two attached hydrogens (primary N) is 1. The van der Waals surface area contributed by atoms with E-state index in [4.69, 9.17) is 10.7 Å². The van der Waals surface area contributed by atoms with Crippen LogP contribution in [0.2, 0.25) is 0 Å². The minimum absolute atomic E-state index is 0.134. The van der Waals surface area contributed by atoms with E-state index in [1.807, 2.05) is 12.4 Å². The number of pyridine rings is 1. The van der Waals surface area contributed by atoms with Crippen LogP contribution in [-0.4, -0.2) is 45.1 Å². The van der Waals surface area contributed by atoms with E-state index in [1.54, 1.807) is 0 Å². The molecule has 6 nitrogen and oxygen atoms in total. The summed E-state index contributed by atoms with van der Waals surface area (Å²) >= 11 is 0. The highest BCUT2D eigenvalue weighted by Gasteiger charge is 2.90. The highest BCUT2D eigenvalue weighted by Crippen LogP contribution is 2.83. The first kappa shape index (κ1) is 17.1. The van der Waals surface area contributed by atoms with Gasteiger partial charge in [-0.15, -0.1) is 13.2 Å². The average molecular weight is 407 g/mol. The van der Waals surface area contributed by atoms with Gasteiger partial charge in [0.2, 0.25) is 0 Å². The molecule has 4 heterocycles. The van der Waals surface area contributed by atoms with E-state index in [0.29, 0.717) is 29.6 Å². The SMILES string of the molecule is Nc1ncc(-c2cn([C@]34C5=CN(CCF)C3[C@H]54)c(C3CC3)n2)cc1OC(F)(F)F. The van der Waals surface area contributed by atoms with Crippen molar-refractivity contribution >= 4 is 5.82 Å². The van der Waals surface area contributed by atoms with Crippen LogP contribution >= 0.6 is 0 Å². The molecular weight excluding hydrogens is 390 g/mol. The molecule has 0 saturated heterocycles. The number of nitrogens with zero attached hydrogens (tertiary/aromatic N) is 4. The number of nitrogen functional groups attached to an aromatic ring is 1. The van der Waals surface area contributed by atoms with Gasteiger partial charge in [0, 0.05) is 42.5 Å². The van der Waals surface area contributed by atoms with Gasteiger partial charge < -0.3 is 19.9 Å². The number of fused-ring (bicyclic) bond motifs is 1. The zero-order valence-electron chi connectivity index (χ0n) is 15.2. The minimum atomic E-state index is -4.85. The normalized spacial score (nSPS) is 29.0. The van der Waals surface area contributed by atoms with Crippen molar-refractivity contribution in [2.45, 2.75) is 36.7 Å². The molecule has 0 radical (unpaired) electrons. The van der Waals surface area contributed by atoms with E-state index in [9.17, 15) is 17.6 Å². The predicted octanol–water partition coefficient (Wildman–Crippen LogP) is 3.18. The summed E-state index contributed by atoms with van der Waals surface area (Å²) < 4.78 is 56.9. The van der Waals surface area contributed by atoms with Gasteiger partial charge in [0.1, 0.15) is 12.5 Å². The first-order valence-corrected chi connectivity index (χ1v) is 9.50. The molecule has 2 aromatic rings. The van der Waals surface area contributed by atoms with Crippen LogP contribution in [0, 0.1) is 5.92 Å². The molecule has 2 aromatic heterocycles. The summed E-state index contributed by atoms with van der Waals surface area (Å²) in [5.41, 5.74) is 7.64. The molecule has 0 aromatic carbocycles. The number of hydrogen-bond acceptors (Lipinski definition) is 5. The molecule has 10 heteroatoms. The van der Waals surface area contributed by atoms with E-state index in [2.05, 4.69) is 19.2 Å². The van der Waals surface area contributed by atoms with Gasteiger partial charge in [-0.1, -0.05) is 0 Å². The Morgan fingerprint density at radius 3 is 2.76 bits per heavy atom. The first-order valence-electron chi connectivity index (χ1n) is 9.50. The van der Waals surface area contributed by atoms with Crippen molar-refractivity contribution < 1.29 is 22.3 Å². The smallest absolute Gasteiger partial charge is 0.402 e. The van der Waals surface area contributed by atoms with Crippen LogP contribution in [0.15, 0.2) is 30.2 Å². The van der Waals surface area contributed by atoms with E-state index >= 15 is 0 Å². The van der Waals surface area contributed by atoms with Crippen molar-refractivity contribution in [2.75, 3.05) is 19.0 Å². The summed E-state index contributed by atoms with van der Waals surface area (Å²) in [6.07, 6.45) is 2.55. The Morgan fingerprint density at radius 1 is 1.31 bits per heavy atom. The summed E-state index contributed by atoms with van der Waals surface area (Å²) in [6.45, 7) is -0.0143. The maximum absolute atomic E-state index is 12.8. The van der Waals surface area contributed by atoms with E-state index < -0.39 is 18.8 Å². The van der Waals surface area contributed by atoms with Gasteiger partial charge in [0.25, 0.3) is 0 Å². The van der Waals surface area contributed by atoms with Crippen LogP contribution < -0.4 is 10.5 Å². The van der Waals surface area contributed by atoms with Gasteiger partial charge in [-0.05, 0) is 24.5 Å². The second-order valence-electron chi connectivity index (χ2n) is 8.04. The van der Waals surface area contributed by atoms with Crippen molar-refractivity contribution in [1.82, 2.24) is 19.4 Å². The molecule has 3 saturated carbocycles.